The third kappa shape index (κ3) is 15.9. The molecule has 400 valence electrons. The van der Waals surface area contributed by atoms with Crippen LogP contribution in [-0.4, -0.2) is 131 Å². The van der Waals surface area contributed by atoms with Gasteiger partial charge in [0.15, 0.2) is 5.78 Å². The van der Waals surface area contributed by atoms with Crippen LogP contribution in [0.15, 0.2) is 77.9 Å². The maximum atomic E-state index is 14.5. The zero-order valence-corrected chi connectivity index (χ0v) is 44.4. The van der Waals surface area contributed by atoms with Crippen molar-refractivity contribution in [3.63, 3.8) is 0 Å². The number of amides is 1. The Morgan fingerprint density at radius 1 is 0.847 bits per heavy atom. The molecule has 1 amide bonds. The molecule has 0 spiro atoms. The van der Waals surface area contributed by atoms with Crippen LogP contribution in [0.1, 0.15) is 131 Å². The Morgan fingerprint density at radius 2 is 1.58 bits per heavy atom. The molecule has 1 aromatic carbocycles. The number of ketones is 3. The SMILES string of the molecule is CO[C@@H]1C[C@H](C[C@@H](C)[C@@H]2CC(=O)[C@H](C)/C=C(\C)[C@@H](O)[C@@H](OC)C(=O)[C@H](C)C[C@H](C)/C=C/C=C/C=C(\C)[C@H](OCCc3ccccc3)C[C@@H]3CC[C@@H](C)[C@@](O)(O3)C(=O)C(=O)N3CCCCC3C(=O)O2)CC[C@H]1O. The molecule has 3 fully saturated rings. The number of fused-ring (bicyclic) bond motifs is 3. The number of hydrogen-bond acceptors (Lipinski definition) is 13. The summed E-state index contributed by atoms with van der Waals surface area (Å²) in [6.07, 6.45) is 11.8. The number of allylic oxidation sites excluding steroid dienone is 6. The van der Waals surface area contributed by atoms with Crippen LogP contribution in [0.3, 0.4) is 0 Å². The maximum absolute atomic E-state index is 14.5. The van der Waals surface area contributed by atoms with Crippen molar-refractivity contribution >= 4 is 29.2 Å². The number of hydrogen-bond donors (Lipinski definition) is 3. The highest BCUT2D eigenvalue weighted by Crippen LogP contribution is 2.38. The number of carbonyl (C=O) groups is 5. The highest BCUT2D eigenvalue weighted by molar-refractivity contribution is 6.39. The smallest absolute Gasteiger partial charge is 0.329 e. The summed E-state index contributed by atoms with van der Waals surface area (Å²) in [4.78, 5) is 72.6. The van der Waals surface area contributed by atoms with Gasteiger partial charge < -0.3 is 43.9 Å². The average molecular weight is 1000 g/mol. The van der Waals surface area contributed by atoms with E-state index in [9.17, 15) is 39.3 Å². The molecule has 14 nitrogen and oxygen atoms in total. The molecule has 2 saturated heterocycles. The van der Waals surface area contributed by atoms with Crippen molar-refractivity contribution in [2.75, 3.05) is 27.4 Å². The van der Waals surface area contributed by atoms with E-state index >= 15 is 0 Å². The lowest BCUT2D eigenvalue weighted by atomic mass is 9.78. The fourth-order valence-electron chi connectivity index (χ4n) is 11.0. The lowest BCUT2D eigenvalue weighted by Gasteiger charge is -2.43. The van der Waals surface area contributed by atoms with Gasteiger partial charge >= 0.3 is 5.97 Å². The number of Topliss-reactive ketones (excluding diaryl/α,β-unsaturated/α-hetero) is 3. The Labute approximate surface area is 428 Å². The first-order valence-corrected chi connectivity index (χ1v) is 26.6. The standard InChI is InChI=1S/C58H85NO13/c1-36-18-12-10-13-19-37(2)49(70-29-27-43-20-14-11-15-21-43)34-45-25-23-42(7)58(67,72-45)55(64)56(65)59-28-17-16-22-46(59)57(66)71-50(39(4)32-44-24-26-47(60)51(33-44)68-8)35-48(61)38(3)31-41(6)53(63)54(69-9)52(62)40(5)30-36/h10-15,18-21,31,36,38-40,42,44-47,49-51,53-54,60,63,67H,16-17,22-30,32-35H2,1-9H3/b13-10+,18-12+,37-19+,41-31+/t36-,38-,39-,40-,42-,44+,45+,46?,47-,49-,50+,51-,53-,54+,58-/m1/s1. The van der Waals surface area contributed by atoms with Crippen LogP contribution in [0.5, 0.6) is 0 Å². The number of benzene rings is 1. The number of esters is 1. The third-order valence-corrected chi connectivity index (χ3v) is 15.7. The Hall–Kier alpha value is -4.15. The highest BCUT2D eigenvalue weighted by atomic mass is 16.6. The van der Waals surface area contributed by atoms with Crippen molar-refractivity contribution < 1.29 is 63.0 Å². The van der Waals surface area contributed by atoms with Gasteiger partial charge in [-0.3, -0.25) is 19.2 Å². The quantitative estimate of drug-likeness (QED) is 0.123. The van der Waals surface area contributed by atoms with Gasteiger partial charge in [0.1, 0.15) is 30.1 Å². The number of nitrogens with zero attached hydrogens (tertiary/aromatic N) is 1. The minimum Gasteiger partial charge on any atom is -0.460 e. The number of aliphatic hydroxyl groups excluding tert-OH is 2. The van der Waals surface area contributed by atoms with E-state index < -0.39 is 83.9 Å². The monoisotopic (exact) mass is 1000 g/mol. The van der Waals surface area contributed by atoms with Gasteiger partial charge in [0.05, 0.1) is 31.0 Å². The van der Waals surface area contributed by atoms with Crippen molar-refractivity contribution in [3.05, 3.63) is 83.5 Å². The summed E-state index contributed by atoms with van der Waals surface area (Å²) in [6.45, 7) is 13.2. The molecule has 3 aliphatic heterocycles. The van der Waals surface area contributed by atoms with Crippen molar-refractivity contribution in [3.8, 4) is 0 Å². The number of piperidine rings is 1. The van der Waals surface area contributed by atoms with Crippen LogP contribution < -0.4 is 0 Å². The van der Waals surface area contributed by atoms with Crippen LogP contribution in [0.4, 0.5) is 0 Å². The van der Waals surface area contributed by atoms with Gasteiger partial charge in [0.2, 0.25) is 5.79 Å². The van der Waals surface area contributed by atoms with E-state index in [1.54, 1.807) is 34.0 Å². The number of cyclic esters (lactones) is 1. The van der Waals surface area contributed by atoms with E-state index in [0.717, 1.165) is 17.6 Å². The van der Waals surface area contributed by atoms with E-state index in [0.29, 0.717) is 76.4 Å². The first-order chi connectivity index (χ1) is 34.3. The Bertz CT molecular complexity index is 2080. The number of methoxy groups -OCH3 is 2. The van der Waals surface area contributed by atoms with Crippen LogP contribution >= 0.6 is 0 Å². The zero-order chi connectivity index (χ0) is 52.7. The van der Waals surface area contributed by atoms with Crippen molar-refractivity contribution in [1.82, 2.24) is 4.90 Å². The second kappa shape index (κ2) is 27.9. The molecule has 2 bridgehead atoms. The fourth-order valence-corrected chi connectivity index (χ4v) is 11.0. The first kappa shape index (κ1) is 58.7. The van der Waals surface area contributed by atoms with Crippen molar-refractivity contribution in [2.24, 2.45) is 35.5 Å². The van der Waals surface area contributed by atoms with Crippen molar-refractivity contribution in [2.45, 2.75) is 186 Å². The van der Waals surface area contributed by atoms with Gasteiger partial charge in [-0.25, -0.2) is 4.79 Å². The number of aliphatic hydroxyl groups is 3. The Morgan fingerprint density at radius 3 is 2.29 bits per heavy atom. The largest absolute Gasteiger partial charge is 0.460 e. The number of carbonyl (C=O) groups excluding carboxylic acids is 5. The molecule has 14 heteroatoms. The predicted molar refractivity (Wildman–Crippen MR) is 274 cm³/mol. The van der Waals surface area contributed by atoms with Gasteiger partial charge in [0, 0.05) is 51.4 Å². The van der Waals surface area contributed by atoms with Crippen LogP contribution in [-0.2, 0) is 54.1 Å². The van der Waals surface area contributed by atoms with Gasteiger partial charge in [-0.2, -0.15) is 0 Å². The molecule has 5 rings (SSSR count). The molecular weight excluding hydrogens is 919 g/mol. The first-order valence-electron chi connectivity index (χ1n) is 26.6. The van der Waals surface area contributed by atoms with Gasteiger partial charge in [0.25, 0.3) is 11.7 Å². The van der Waals surface area contributed by atoms with E-state index in [2.05, 4.69) is 0 Å². The summed E-state index contributed by atoms with van der Waals surface area (Å²) in [5, 5.41) is 34.2. The van der Waals surface area contributed by atoms with Crippen LogP contribution in [0, 0.1) is 35.5 Å². The normalized spacial score (nSPS) is 37.6. The minimum atomic E-state index is -2.46. The molecule has 4 aliphatic rings. The Kier molecular flexibility index (Phi) is 22.8. The fraction of sp³-hybridized carbons (Fsp3) is 0.672. The summed E-state index contributed by atoms with van der Waals surface area (Å²) in [7, 11) is 2.95. The predicted octanol–water partition coefficient (Wildman–Crippen LogP) is 7.79. The topological polar surface area (TPSA) is 195 Å². The molecule has 0 aromatic heterocycles. The van der Waals surface area contributed by atoms with E-state index in [1.807, 2.05) is 88.4 Å². The van der Waals surface area contributed by atoms with Crippen LogP contribution in [0.2, 0.25) is 0 Å². The van der Waals surface area contributed by atoms with Gasteiger partial charge in [-0.15, -0.1) is 0 Å². The molecule has 1 aliphatic carbocycles. The second-order valence-corrected chi connectivity index (χ2v) is 21.5. The second-order valence-electron chi connectivity index (χ2n) is 21.5. The molecular formula is C58H85NO13. The molecule has 0 radical (unpaired) electrons. The average Bonchev–Trinajstić information content (AvgIpc) is 3.36. The van der Waals surface area contributed by atoms with E-state index in [1.165, 1.54) is 12.0 Å². The zero-order valence-electron chi connectivity index (χ0n) is 44.4. The Balaban J connectivity index is 1.48. The summed E-state index contributed by atoms with van der Waals surface area (Å²) >= 11 is 0. The lowest BCUT2D eigenvalue weighted by Crippen LogP contribution is -2.61. The summed E-state index contributed by atoms with van der Waals surface area (Å²) in [5.41, 5.74) is 2.39. The molecule has 3 heterocycles. The molecule has 1 unspecified atom stereocenters. The van der Waals surface area contributed by atoms with Gasteiger partial charge in [-0.05, 0) is 119 Å². The number of ether oxygens (including phenoxy) is 5. The number of rotatable bonds is 9. The summed E-state index contributed by atoms with van der Waals surface area (Å²) < 4.78 is 30.3. The molecule has 15 atom stereocenters. The molecule has 3 N–H and O–H groups in total. The molecule has 72 heavy (non-hydrogen) atoms. The third-order valence-electron chi connectivity index (χ3n) is 15.7. The maximum Gasteiger partial charge on any atom is 0.329 e. The summed E-state index contributed by atoms with van der Waals surface area (Å²) in [6, 6.07) is 8.83. The minimum absolute atomic E-state index is 0.00296. The van der Waals surface area contributed by atoms with Gasteiger partial charge in [-0.1, -0.05) is 101 Å². The van der Waals surface area contributed by atoms with E-state index in [-0.39, 0.29) is 54.8 Å². The van der Waals surface area contributed by atoms with Crippen LogP contribution in [0.25, 0.3) is 0 Å². The summed E-state index contributed by atoms with van der Waals surface area (Å²) in [5.74, 6) is -8.08. The van der Waals surface area contributed by atoms with E-state index in [4.69, 9.17) is 23.7 Å². The lowest BCUT2D eigenvalue weighted by molar-refractivity contribution is -0.266. The molecule has 1 saturated carbocycles. The highest BCUT2D eigenvalue weighted by Gasteiger charge is 2.53. The molecule has 1 aromatic rings. The van der Waals surface area contributed by atoms with Crippen molar-refractivity contribution in [1.29, 1.82) is 0 Å².